The predicted octanol–water partition coefficient (Wildman–Crippen LogP) is 3.76. The Bertz CT molecular complexity index is 919. The summed E-state index contributed by atoms with van der Waals surface area (Å²) in [5.74, 6) is 1.67. The number of fused-ring (bicyclic) bond motifs is 1. The number of ether oxygens (including phenoxy) is 1. The molecule has 0 spiro atoms. The molecule has 150 valence electrons. The molecule has 2 fully saturated rings. The average molecular weight is 390 g/mol. The van der Waals surface area contributed by atoms with Crippen molar-refractivity contribution in [3.63, 3.8) is 0 Å². The van der Waals surface area contributed by atoms with Gasteiger partial charge in [0.15, 0.2) is 0 Å². The Morgan fingerprint density at radius 2 is 1.76 bits per heavy atom. The number of nitrogens with zero attached hydrogens (tertiary/aromatic N) is 2. The summed E-state index contributed by atoms with van der Waals surface area (Å²) in [6, 6.07) is 16.0. The minimum atomic E-state index is 0.158. The van der Waals surface area contributed by atoms with Crippen molar-refractivity contribution in [2.45, 2.75) is 38.8 Å². The van der Waals surface area contributed by atoms with E-state index in [9.17, 15) is 9.59 Å². The van der Waals surface area contributed by atoms with Crippen LogP contribution in [0, 0.1) is 11.8 Å². The summed E-state index contributed by atoms with van der Waals surface area (Å²) in [5.41, 5.74) is 3.02. The summed E-state index contributed by atoms with van der Waals surface area (Å²) >= 11 is 0. The van der Waals surface area contributed by atoms with Crippen LogP contribution < -0.4 is 9.64 Å². The van der Waals surface area contributed by atoms with Gasteiger partial charge in [0.05, 0.1) is 13.1 Å². The van der Waals surface area contributed by atoms with Crippen LogP contribution in [0.25, 0.3) is 0 Å². The first-order chi connectivity index (χ1) is 14.2. The van der Waals surface area contributed by atoms with Crippen molar-refractivity contribution >= 4 is 17.5 Å². The standard InChI is InChI=1S/C24H26N2O3/c27-23(18-7-8-18)25-12-13-29-22-11-6-17(14-20(22)16-25)15-26(24(28)19-9-10-19)21-4-2-1-3-5-21/h1-6,11,14,18-19H,7-10,12-13,15-16H2. The van der Waals surface area contributed by atoms with E-state index in [0.29, 0.717) is 26.2 Å². The molecule has 0 radical (unpaired) electrons. The van der Waals surface area contributed by atoms with Gasteiger partial charge in [0.1, 0.15) is 12.4 Å². The van der Waals surface area contributed by atoms with Crippen LogP contribution in [0.3, 0.4) is 0 Å². The SMILES string of the molecule is O=C(C1CC1)N1CCOc2ccc(CN(C(=O)C3CC3)c3ccccc3)cc2C1. The minimum absolute atomic E-state index is 0.158. The van der Waals surface area contributed by atoms with Crippen molar-refractivity contribution in [1.82, 2.24) is 4.90 Å². The molecule has 2 aliphatic carbocycles. The van der Waals surface area contributed by atoms with Gasteiger partial charge in [0, 0.05) is 29.6 Å². The third-order valence-electron chi connectivity index (χ3n) is 5.94. The van der Waals surface area contributed by atoms with E-state index in [0.717, 1.165) is 48.2 Å². The third kappa shape index (κ3) is 4.00. The van der Waals surface area contributed by atoms with E-state index in [4.69, 9.17) is 4.74 Å². The van der Waals surface area contributed by atoms with Gasteiger partial charge in [-0.15, -0.1) is 0 Å². The second-order valence-electron chi connectivity index (χ2n) is 8.36. The van der Waals surface area contributed by atoms with Crippen LogP contribution >= 0.6 is 0 Å². The van der Waals surface area contributed by atoms with E-state index in [1.165, 1.54) is 0 Å². The summed E-state index contributed by atoms with van der Waals surface area (Å²) in [6.07, 6.45) is 3.99. The zero-order valence-electron chi connectivity index (χ0n) is 16.5. The van der Waals surface area contributed by atoms with Gasteiger partial charge in [-0.2, -0.15) is 0 Å². The van der Waals surface area contributed by atoms with Crippen molar-refractivity contribution in [1.29, 1.82) is 0 Å². The van der Waals surface area contributed by atoms with E-state index in [-0.39, 0.29) is 23.7 Å². The van der Waals surface area contributed by atoms with E-state index in [2.05, 4.69) is 6.07 Å². The highest BCUT2D eigenvalue weighted by Gasteiger charge is 2.35. The number of rotatable bonds is 5. The Hall–Kier alpha value is -2.82. The maximum atomic E-state index is 12.9. The van der Waals surface area contributed by atoms with Crippen LogP contribution in [-0.4, -0.2) is 29.9 Å². The quantitative estimate of drug-likeness (QED) is 0.781. The fourth-order valence-corrected chi connectivity index (χ4v) is 3.96. The molecule has 0 atom stereocenters. The number of carbonyl (C=O) groups is 2. The highest BCUT2D eigenvalue weighted by Crippen LogP contribution is 2.35. The first-order valence-electron chi connectivity index (χ1n) is 10.6. The molecule has 1 heterocycles. The van der Waals surface area contributed by atoms with Crippen LogP contribution in [0.4, 0.5) is 5.69 Å². The maximum Gasteiger partial charge on any atom is 0.230 e. The topological polar surface area (TPSA) is 49.9 Å². The van der Waals surface area contributed by atoms with Crippen molar-refractivity contribution in [2.75, 3.05) is 18.1 Å². The van der Waals surface area contributed by atoms with Gasteiger partial charge < -0.3 is 14.5 Å². The number of amides is 2. The number of carbonyl (C=O) groups excluding carboxylic acids is 2. The normalized spacial score (nSPS) is 18.4. The molecule has 5 rings (SSSR count). The Morgan fingerprint density at radius 3 is 2.48 bits per heavy atom. The van der Waals surface area contributed by atoms with Crippen molar-refractivity contribution in [3.8, 4) is 5.75 Å². The largest absolute Gasteiger partial charge is 0.491 e. The number of para-hydroxylation sites is 1. The maximum absolute atomic E-state index is 12.9. The molecule has 2 aromatic carbocycles. The van der Waals surface area contributed by atoms with Gasteiger partial charge in [-0.3, -0.25) is 9.59 Å². The second kappa shape index (κ2) is 7.54. The average Bonchev–Trinajstić information content (AvgIpc) is 3.64. The van der Waals surface area contributed by atoms with Crippen LogP contribution in [0.2, 0.25) is 0 Å². The third-order valence-corrected chi connectivity index (χ3v) is 5.94. The molecule has 5 heteroatoms. The molecular weight excluding hydrogens is 364 g/mol. The van der Waals surface area contributed by atoms with Crippen LogP contribution in [-0.2, 0) is 22.7 Å². The van der Waals surface area contributed by atoms with Gasteiger partial charge in [-0.25, -0.2) is 0 Å². The predicted molar refractivity (Wildman–Crippen MR) is 110 cm³/mol. The molecule has 2 amide bonds. The minimum Gasteiger partial charge on any atom is -0.491 e. The summed E-state index contributed by atoms with van der Waals surface area (Å²) in [7, 11) is 0. The Morgan fingerprint density at radius 1 is 1.00 bits per heavy atom. The summed E-state index contributed by atoms with van der Waals surface area (Å²) < 4.78 is 5.89. The molecule has 0 saturated heterocycles. The second-order valence-corrected chi connectivity index (χ2v) is 8.36. The molecule has 2 saturated carbocycles. The number of hydrogen-bond donors (Lipinski definition) is 0. The highest BCUT2D eigenvalue weighted by molar-refractivity contribution is 5.96. The first-order valence-corrected chi connectivity index (χ1v) is 10.6. The molecule has 1 aliphatic heterocycles. The van der Waals surface area contributed by atoms with Gasteiger partial charge in [-0.05, 0) is 55.5 Å². The van der Waals surface area contributed by atoms with Crippen LogP contribution in [0.5, 0.6) is 5.75 Å². The summed E-state index contributed by atoms with van der Waals surface area (Å²) in [5, 5.41) is 0. The van der Waals surface area contributed by atoms with E-state index in [1.807, 2.05) is 52.3 Å². The molecular formula is C24H26N2O3. The lowest BCUT2D eigenvalue weighted by atomic mass is 10.1. The molecule has 3 aliphatic rings. The van der Waals surface area contributed by atoms with Crippen molar-refractivity contribution < 1.29 is 14.3 Å². The summed E-state index contributed by atoms with van der Waals surface area (Å²) in [6.45, 7) is 2.28. The zero-order valence-corrected chi connectivity index (χ0v) is 16.5. The molecule has 2 aromatic rings. The van der Waals surface area contributed by atoms with E-state index < -0.39 is 0 Å². The molecule has 29 heavy (non-hydrogen) atoms. The van der Waals surface area contributed by atoms with Gasteiger partial charge in [-0.1, -0.05) is 24.3 Å². The smallest absolute Gasteiger partial charge is 0.230 e. The van der Waals surface area contributed by atoms with Gasteiger partial charge >= 0.3 is 0 Å². The molecule has 0 aromatic heterocycles. The van der Waals surface area contributed by atoms with Crippen LogP contribution in [0.15, 0.2) is 48.5 Å². The lowest BCUT2D eigenvalue weighted by Gasteiger charge is -2.24. The molecule has 0 bridgehead atoms. The monoisotopic (exact) mass is 390 g/mol. The lowest BCUT2D eigenvalue weighted by Crippen LogP contribution is -2.33. The van der Waals surface area contributed by atoms with E-state index >= 15 is 0 Å². The Balaban J connectivity index is 1.39. The number of benzene rings is 2. The highest BCUT2D eigenvalue weighted by atomic mass is 16.5. The zero-order chi connectivity index (χ0) is 19.8. The molecule has 5 nitrogen and oxygen atoms in total. The fourth-order valence-electron chi connectivity index (χ4n) is 3.96. The Labute approximate surface area is 171 Å². The van der Waals surface area contributed by atoms with Crippen molar-refractivity contribution in [3.05, 3.63) is 59.7 Å². The molecule has 0 N–H and O–H groups in total. The van der Waals surface area contributed by atoms with Gasteiger partial charge in [0.2, 0.25) is 11.8 Å². The van der Waals surface area contributed by atoms with Gasteiger partial charge in [0.25, 0.3) is 0 Å². The van der Waals surface area contributed by atoms with Crippen molar-refractivity contribution in [2.24, 2.45) is 11.8 Å². The summed E-state index contributed by atoms with van der Waals surface area (Å²) in [4.78, 5) is 29.3. The Kier molecular flexibility index (Phi) is 4.74. The first kappa shape index (κ1) is 18.2. The number of anilines is 1. The fraction of sp³-hybridized carbons (Fsp3) is 0.417. The van der Waals surface area contributed by atoms with Crippen LogP contribution in [0.1, 0.15) is 36.8 Å². The number of hydrogen-bond acceptors (Lipinski definition) is 3. The lowest BCUT2D eigenvalue weighted by molar-refractivity contribution is -0.133. The van der Waals surface area contributed by atoms with E-state index in [1.54, 1.807) is 0 Å². The molecule has 0 unspecified atom stereocenters.